The largest absolute Gasteiger partial charge is 0.394 e. The average Bonchev–Trinajstić information content (AvgIpc) is 2.46. The van der Waals surface area contributed by atoms with Crippen LogP contribution in [0.4, 0.5) is 0 Å². The Morgan fingerprint density at radius 3 is 1.21 bits per heavy atom. The van der Waals surface area contributed by atoms with E-state index in [0.717, 1.165) is 38.5 Å². The summed E-state index contributed by atoms with van der Waals surface area (Å²) in [5.74, 6) is -0.244. The molecule has 0 saturated carbocycles. The fourth-order valence-electron chi connectivity index (χ4n) is 11.8. The SMILES string of the molecule is CCCCCCC/C=C\C/C=C\CCCCCCCCCCCCCCCCCCCCCCCCCC(=O)NC(COC1OC(CO)C(OC2OC(CO)C(O)C(O)C2O)C(O)C1O)C(O)/C=C/CC/C=C/CCCCCCCCCCCCC. The topological polar surface area (TPSA) is 228 Å². The van der Waals surface area contributed by atoms with Gasteiger partial charge in [-0.15, -0.1) is 0 Å². The van der Waals surface area contributed by atoms with Gasteiger partial charge in [-0.3, -0.25) is 4.79 Å². The highest BCUT2D eigenvalue weighted by Gasteiger charge is 2.51. The number of allylic oxidation sites excluding steroid dienone is 7. The van der Waals surface area contributed by atoms with Gasteiger partial charge in [-0.25, -0.2) is 0 Å². The van der Waals surface area contributed by atoms with Gasteiger partial charge >= 0.3 is 0 Å². The van der Waals surface area contributed by atoms with Gasteiger partial charge in [-0.1, -0.05) is 287 Å². The number of ether oxygens (including phenoxy) is 4. The maximum atomic E-state index is 13.3. The Morgan fingerprint density at radius 2 is 0.779 bits per heavy atom. The summed E-state index contributed by atoms with van der Waals surface area (Å²) in [5, 5.41) is 87.3. The monoisotopic (exact) mass is 1220 g/mol. The number of amides is 1. The summed E-state index contributed by atoms with van der Waals surface area (Å²) < 4.78 is 22.8. The first-order valence-electron chi connectivity index (χ1n) is 35.9. The lowest BCUT2D eigenvalue weighted by Gasteiger charge is -2.46. The van der Waals surface area contributed by atoms with Gasteiger partial charge in [0.25, 0.3) is 0 Å². The Balaban J connectivity index is 1.61. The standard InChI is InChI=1S/C72H133NO13/c1-3-5-7-9-11-13-15-17-19-21-22-23-24-25-26-27-28-29-30-31-32-33-34-35-36-37-38-40-42-44-46-48-50-52-54-56-64(77)73-60(61(76)55-53-51-49-47-45-43-41-39-20-18-16-14-12-10-8-6-4-2)59-83-71-69(82)67(80)70(63(58-75)85-71)86-72-68(81)66(79)65(78)62(57-74)84-72/h15,17,21-22,45,47,53,55,60-63,65-72,74-76,78-82H,3-14,16,18-20,23-44,46,48-52,54,56-59H2,1-2H3,(H,73,77)/b17-15-,22-21-,47-45+,55-53+. The molecule has 86 heavy (non-hydrogen) atoms. The van der Waals surface area contributed by atoms with E-state index < -0.39 is 86.8 Å². The smallest absolute Gasteiger partial charge is 0.220 e. The fraction of sp³-hybridized carbons (Fsp3) is 0.875. The zero-order valence-electron chi connectivity index (χ0n) is 54.8. The lowest BCUT2D eigenvalue weighted by molar-refractivity contribution is -0.359. The minimum Gasteiger partial charge on any atom is -0.394 e. The third-order valence-corrected chi connectivity index (χ3v) is 17.5. The Hall–Kier alpha value is -2.05. The molecule has 0 aromatic heterocycles. The molecule has 1 amide bonds. The molecule has 2 fully saturated rings. The number of carbonyl (C=O) groups is 1. The van der Waals surface area contributed by atoms with Crippen LogP contribution >= 0.6 is 0 Å². The van der Waals surface area contributed by atoms with E-state index in [0.29, 0.717) is 12.8 Å². The van der Waals surface area contributed by atoms with Gasteiger partial charge in [0, 0.05) is 6.42 Å². The molecular weight excluding hydrogens is 1090 g/mol. The summed E-state index contributed by atoms with van der Waals surface area (Å²) in [5.41, 5.74) is 0. The van der Waals surface area contributed by atoms with Crippen LogP contribution in [0.1, 0.15) is 309 Å². The van der Waals surface area contributed by atoms with Crippen LogP contribution in [0.15, 0.2) is 48.6 Å². The highest BCUT2D eigenvalue weighted by molar-refractivity contribution is 5.76. The molecule has 2 aliphatic heterocycles. The highest BCUT2D eigenvalue weighted by atomic mass is 16.7. The van der Waals surface area contributed by atoms with Crippen LogP contribution in [0.5, 0.6) is 0 Å². The molecule has 2 heterocycles. The van der Waals surface area contributed by atoms with E-state index in [4.69, 9.17) is 18.9 Å². The minimum absolute atomic E-state index is 0.244. The van der Waals surface area contributed by atoms with Crippen LogP contribution in [0.2, 0.25) is 0 Å². The first-order valence-corrected chi connectivity index (χ1v) is 35.9. The zero-order chi connectivity index (χ0) is 62.3. The van der Waals surface area contributed by atoms with E-state index in [9.17, 15) is 45.6 Å². The minimum atomic E-state index is -1.79. The third kappa shape index (κ3) is 40.6. The summed E-state index contributed by atoms with van der Waals surface area (Å²) in [6.45, 7) is 2.80. The molecule has 0 aromatic carbocycles. The zero-order valence-corrected chi connectivity index (χ0v) is 54.8. The van der Waals surface area contributed by atoms with Gasteiger partial charge < -0.3 is 65.1 Å². The van der Waals surface area contributed by atoms with Crippen molar-refractivity contribution in [3.63, 3.8) is 0 Å². The first kappa shape index (κ1) is 80.0. The van der Waals surface area contributed by atoms with E-state index in [1.807, 2.05) is 6.08 Å². The number of hydrogen-bond donors (Lipinski definition) is 9. The molecule has 0 aliphatic carbocycles. The van der Waals surface area contributed by atoms with Crippen molar-refractivity contribution in [1.29, 1.82) is 0 Å². The Morgan fingerprint density at radius 1 is 0.419 bits per heavy atom. The second-order valence-corrected chi connectivity index (χ2v) is 25.4. The normalized spacial score (nSPS) is 23.7. The van der Waals surface area contributed by atoms with E-state index in [1.54, 1.807) is 6.08 Å². The van der Waals surface area contributed by atoms with Gasteiger partial charge in [0.15, 0.2) is 12.6 Å². The number of unbranched alkanes of at least 4 members (excludes halogenated alkanes) is 40. The Kier molecular flexibility index (Phi) is 53.0. The summed E-state index contributed by atoms with van der Waals surface area (Å²) in [6.07, 6.45) is 57.6. The van der Waals surface area contributed by atoms with Crippen molar-refractivity contribution in [1.82, 2.24) is 5.32 Å². The number of aliphatic hydroxyl groups is 8. The van der Waals surface area contributed by atoms with Crippen LogP contribution in [0, 0.1) is 0 Å². The molecule has 0 spiro atoms. The molecule has 0 bridgehead atoms. The average molecular weight is 1220 g/mol. The molecule has 504 valence electrons. The fourth-order valence-corrected chi connectivity index (χ4v) is 11.8. The predicted molar refractivity (Wildman–Crippen MR) is 351 cm³/mol. The maximum Gasteiger partial charge on any atom is 0.220 e. The summed E-state index contributed by atoms with van der Waals surface area (Å²) in [7, 11) is 0. The molecular formula is C72H133NO13. The summed E-state index contributed by atoms with van der Waals surface area (Å²) >= 11 is 0. The third-order valence-electron chi connectivity index (χ3n) is 17.5. The predicted octanol–water partition coefficient (Wildman–Crippen LogP) is 14.7. The van der Waals surface area contributed by atoms with Gasteiger partial charge in [0.05, 0.1) is 32.0 Å². The molecule has 0 radical (unpaired) electrons. The van der Waals surface area contributed by atoms with Crippen molar-refractivity contribution < 1.29 is 64.6 Å². The van der Waals surface area contributed by atoms with Crippen molar-refractivity contribution in [3.05, 3.63) is 48.6 Å². The van der Waals surface area contributed by atoms with Crippen molar-refractivity contribution in [2.45, 2.75) is 383 Å². The quantitative estimate of drug-likeness (QED) is 0.0204. The van der Waals surface area contributed by atoms with Crippen LogP contribution in [-0.4, -0.2) is 140 Å². The number of aliphatic hydroxyl groups excluding tert-OH is 8. The van der Waals surface area contributed by atoms with Crippen molar-refractivity contribution in [3.8, 4) is 0 Å². The Labute approximate surface area is 524 Å². The van der Waals surface area contributed by atoms with Crippen molar-refractivity contribution in [2.75, 3.05) is 19.8 Å². The van der Waals surface area contributed by atoms with E-state index in [2.05, 4.69) is 55.6 Å². The molecule has 2 aliphatic rings. The molecule has 14 heteroatoms. The number of rotatable bonds is 59. The van der Waals surface area contributed by atoms with Crippen LogP contribution in [0.3, 0.4) is 0 Å². The van der Waals surface area contributed by atoms with Gasteiger partial charge in [-0.2, -0.15) is 0 Å². The number of nitrogens with one attached hydrogen (secondary N) is 1. The lowest BCUT2D eigenvalue weighted by atomic mass is 9.97. The first-order chi connectivity index (χ1) is 42.1. The highest BCUT2D eigenvalue weighted by Crippen LogP contribution is 2.30. The Bertz CT molecular complexity index is 1630. The molecule has 12 unspecified atom stereocenters. The second kappa shape index (κ2) is 56.9. The van der Waals surface area contributed by atoms with E-state index in [1.165, 1.54) is 238 Å². The molecule has 14 nitrogen and oxygen atoms in total. The number of hydrogen-bond acceptors (Lipinski definition) is 13. The molecule has 0 aromatic rings. The van der Waals surface area contributed by atoms with E-state index >= 15 is 0 Å². The maximum absolute atomic E-state index is 13.3. The van der Waals surface area contributed by atoms with Gasteiger partial charge in [0.1, 0.15) is 48.8 Å². The van der Waals surface area contributed by atoms with Crippen LogP contribution in [-0.2, 0) is 23.7 Å². The van der Waals surface area contributed by atoms with Crippen LogP contribution < -0.4 is 5.32 Å². The van der Waals surface area contributed by atoms with Gasteiger partial charge in [0.2, 0.25) is 5.91 Å². The van der Waals surface area contributed by atoms with Crippen molar-refractivity contribution >= 4 is 5.91 Å². The molecule has 12 atom stereocenters. The summed E-state index contributed by atoms with van der Waals surface area (Å²) in [4.78, 5) is 13.3. The molecule has 2 rings (SSSR count). The van der Waals surface area contributed by atoms with E-state index in [-0.39, 0.29) is 18.9 Å². The van der Waals surface area contributed by atoms with Crippen molar-refractivity contribution in [2.24, 2.45) is 0 Å². The number of carbonyl (C=O) groups excluding carboxylic acids is 1. The second-order valence-electron chi connectivity index (χ2n) is 25.4. The van der Waals surface area contributed by atoms with Gasteiger partial charge in [-0.05, 0) is 64.2 Å². The molecule has 9 N–H and O–H groups in total. The lowest BCUT2D eigenvalue weighted by Crippen LogP contribution is -2.65. The molecule has 2 saturated heterocycles. The summed E-state index contributed by atoms with van der Waals surface area (Å²) in [6, 6.07) is -0.931. The van der Waals surface area contributed by atoms with Crippen LogP contribution in [0.25, 0.3) is 0 Å².